The second-order valence-electron chi connectivity index (χ2n) is 7.74. The van der Waals surface area contributed by atoms with Crippen molar-refractivity contribution in [3.63, 3.8) is 0 Å². The molecule has 1 heteroatoms. The van der Waals surface area contributed by atoms with Crippen molar-refractivity contribution in [1.29, 1.82) is 0 Å². The Morgan fingerprint density at radius 2 is 1.32 bits per heavy atom. The minimum Gasteiger partial charge on any atom is -0.105 e. The molecule has 0 N–H and O–H groups in total. The molecule has 0 aliphatic carbocycles. The number of rotatable bonds is 7. The lowest BCUT2D eigenvalue weighted by Crippen LogP contribution is -2.20. The predicted octanol–water partition coefficient (Wildman–Crippen LogP) is 7.15. The maximum atomic E-state index is 3.08. The molecule has 2 aromatic rings. The minimum absolute atomic E-state index is 0.572. The lowest BCUT2D eigenvalue weighted by molar-refractivity contribution is 0.446. The van der Waals surface area contributed by atoms with Crippen LogP contribution in [0, 0.1) is 11.8 Å². The van der Waals surface area contributed by atoms with Crippen molar-refractivity contribution in [1.82, 2.24) is 0 Å². The van der Waals surface area contributed by atoms with E-state index in [9.17, 15) is 0 Å². The van der Waals surface area contributed by atoms with Crippen LogP contribution >= 0.6 is 9.24 Å². The van der Waals surface area contributed by atoms with Crippen LogP contribution in [0.3, 0.4) is 0 Å². The van der Waals surface area contributed by atoms with Crippen LogP contribution in [0.4, 0.5) is 0 Å². The molecule has 0 radical (unpaired) electrons. The van der Waals surface area contributed by atoms with Crippen LogP contribution in [0.2, 0.25) is 0 Å². The fourth-order valence-electron chi connectivity index (χ4n) is 3.73. The molecule has 5 atom stereocenters. The zero-order valence-electron chi connectivity index (χ0n) is 16.8. The van der Waals surface area contributed by atoms with Gasteiger partial charge in [-0.15, -0.1) is 9.24 Å². The molecule has 25 heavy (non-hydrogen) atoms. The van der Waals surface area contributed by atoms with E-state index in [1.165, 1.54) is 29.3 Å². The van der Waals surface area contributed by atoms with Crippen molar-refractivity contribution >= 4 is 14.5 Å². The maximum absolute atomic E-state index is 3.08. The van der Waals surface area contributed by atoms with E-state index in [0.717, 1.165) is 0 Å². The first-order valence-corrected chi connectivity index (χ1v) is 10.5. The molecule has 136 valence electrons. The molecule has 0 fully saturated rings. The second-order valence-corrected chi connectivity index (χ2v) is 8.32. The molecule has 0 heterocycles. The van der Waals surface area contributed by atoms with E-state index in [1.807, 2.05) is 0 Å². The molecule has 0 saturated carbocycles. The molecule has 0 amide bonds. The summed E-state index contributed by atoms with van der Waals surface area (Å²) in [6, 6.07) is 15.5. The van der Waals surface area contributed by atoms with Gasteiger partial charge in [0.25, 0.3) is 0 Å². The summed E-state index contributed by atoms with van der Waals surface area (Å²) in [6.07, 6.45) is 2.45. The molecule has 2 aromatic carbocycles. The smallest absolute Gasteiger partial charge is 0.0109 e. The molecule has 0 bridgehead atoms. The SMILES string of the molecule is CCC(C)C(C)c1ccc(-c2ccccc2)c(P)c1C(C)C(C)CC. The number of benzene rings is 2. The van der Waals surface area contributed by atoms with Gasteiger partial charge >= 0.3 is 0 Å². The Hall–Kier alpha value is -1.13. The average molecular weight is 355 g/mol. The van der Waals surface area contributed by atoms with Gasteiger partial charge in [-0.1, -0.05) is 96.8 Å². The zero-order chi connectivity index (χ0) is 18.6. The van der Waals surface area contributed by atoms with Crippen LogP contribution < -0.4 is 5.30 Å². The summed E-state index contributed by atoms with van der Waals surface area (Å²) >= 11 is 0. The molecule has 0 nitrogen and oxygen atoms in total. The van der Waals surface area contributed by atoms with Gasteiger partial charge in [-0.3, -0.25) is 0 Å². The second kappa shape index (κ2) is 9.00. The third-order valence-electron chi connectivity index (χ3n) is 6.35. The molecule has 2 rings (SSSR count). The van der Waals surface area contributed by atoms with Gasteiger partial charge in [0.2, 0.25) is 0 Å². The largest absolute Gasteiger partial charge is 0.105 e. The Morgan fingerprint density at radius 1 is 0.760 bits per heavy atom. The standard InChI is InChI=1S/C24H35P/c1-7-16(3)18(5)21-14-15-22(20-12-10-9-11-13-20)24(25)23(21)19(6)17(4)8-2/h9-19H,7-8,25H2,1-6H3. The first-order chi connectivity index (χ1) is 11.9. The lowest BCUT2D eigenvalue weighted by atomic mass is 9.77. The van der Waals surface area contributed by atoms with Crippen LogP contribution in [-0.2, 0) is 0 Å². The van der Waals surface area contributed by atoms with Crippen LogP contribution in [0.5, 0.6) is 0 Å². The average Bonchev–Trinajstić information content (AvgIpc) is 2.65. The third-order valence-corrected chi connectivity index (χ3v) is 6.97. The molecular formula is C24H35P. The highest BCUT2D eigenvalue weighted by Crippen LogP contribution is 2.38. The highest BCUT2D eigenvalue weighted by atomic mass is 31.0. The van der Waals surface area contributed by atoms with Crippen molar-refractivity contribution in [2.24, 2.45) is 11.8 Å². The Bertz CT molecular complexity index is 674. The van der Waals surface area contributed by atoms with Gasteiger partial charge in [-0.05, 0) is 51.2 Å². The van der Waals surface area contributed by atoms with Crippen LogP contribution in [-0.4, -0.2) is 0 Å². The lowest BCUT2D eigenvalue weighted by Gasteiger charge is -2.30. The Morgan fingerprint density at radius 3 is 1.88 bits per heavy atom. The number of hydrogen-bond acceptors (Lipinski definition) is 0. The van der Waals surface area contributed by atoms with E-state index in [4.69, 9.17) is 0 Å². The summed E-state index contributed by atoms with van der Waals surface area (Å²) in [6.45, 7) is 14.2. The third kappa shape index (κ3) is 4.35. The monoisotopic (exact) mass is 354 g/mol. The van der Waals surface area contributed by atoms with Gasteiger partial charge in [0.05, 0.1) is 0 Å². The van der Waals surface area contributed by atoms with Gasteiger partial charge in [0.15, 0.2) is 0 Å². The van der Waals surface area contributed by atoms with E-state index >= 15 is 0 Å². The Balaban J connectivity index is 2.63. The first-order valence-electron chi connectivity index (χ1n) is 9.89. The van der Waals surface area contributed by atoms with Crippen molar-refractivity contribution in [3.8, 4) is 11.1 Å². The van der Waals surface area contributed by atoms with Crippen molar-refractivity contribution in [2.75, 3.05) is 0 Å². The molecule has 0 spiro atoms. The van der Waals surface area contributed by atoms with Gasteiger partial charge in [-0.2, -0.15) is 0 Å². The highest BCUT2D eigenvalue weighted by Gasteiger charge is 2.25. The maximum Gasteiger partial charge on any atom is -0.0109 e. The van der Waals surface area contributed by atoms with Crippen LogP contribution in [0.15, 0.2) is 42.5 Å². The van der Waals surface area contributed by atoms with Crippen molar-refractivity contribution in [3.05, 3.63) is 53.6 Å². The van der Waals surface area contributed by atoms with Crippen LogP contribution in [0.1, 0.15) is 77.3 Å². The molecule has 0 aliphatic rings. The van der Waals surface area contributed by atoms with Gasteiger partial charge in [-0.25, -0.2) is 0 Å². The van der Waals surface area contributed by atoms with Gasteiger partial charge in [0.1, 0.15) is 0 Å². The summed E-state index contributed by atoms with van der Waals surface area (Å²) in [5.41, 5.74) is 5.78. The summed E-state index contributed by atoms with van der Waals surface area (Å²) in [5.74, 6) is 2.56. The summed E-state index contributed by atoms with van der Waals surface area (Å²) in [7, 11) is 3.08. The van der Waals surface area contributed by atoms with E-state index in [2.05, 4.69) is 93.2 Å². The van der Waals surface area contributed by atoms with Gasteiger partial charge < -0.3 is 0 Å². The van der Waals surface area contributed by atoms with E-state index < -0.39 is 0 Å². The van der Waals surface area contributed by atoms with Crippen LogP contribution in [0.25, 0.3) is 11.1 Å². The molecule has 5 unspecified atom stereocenters. The van der Waals surface area contributed by atoms with Crippen molar-refractivity contribution < 1.29 is 0 Å². The predicted molar refractivity (Wildman–Crippen MR) is 117 cm³/mol. The Kier molecular flexibility index (Phi) is 7.26. The summed E-state index contributed by atoms with van der Waals surface area (Å²) in [5, 5.41) is 1.40. The quantitative estimate of drug-likeness (QED) is 0.463. The van der Waals surface area contributed by atoms with E-state index in [-0.39, 0.29) is 0 Å². The fourth-order valence-corrected chi connectivity index (χ4v) is 4.42. The minimum atomic E-state index is 0.572. The van der Waals surface area contributed by atoms with E-state index in [1.54, 1.807) is 11.1 Å². The van der Waals surface area contributed by atoms with E-state index in [0.29, 0.717) is 23.7 Å². The normalized spacial score (nSPS) is 16.3. The molecule has 0 saturated heterocycles. The fraction of sp³-hybridized carbons (Fsp3) is 0.500. The molecule has 0 aromatic heterocycles. The van der Waals surface area contributed by atoms with Gasteiger partial charge in [0, 0.05) is 0 Å². The summed E-state index contributed by atoms with van der Waals surface area (Å²) in [4.78, 5) is 0. The topological polar surface area (TPSA) is 0 Å². The zero-order valence-corrected chi connectivity index (χ0v) is 18.0. The first kappa shape index (κ1) is 20.2. The molecular weight excluding hydrogens is 319 g/mol. The summed E-state index contributed by atoms with van der Waals surface area (Å²) < 4.78 is 0. The number of hydrogen-bond donors (Lipinski definition) is 0. The Labute approximate surface area is 157 Å². The highest BCUT2D eigenvalue weighted by molar-refractivity contribution is 7.28. The van der Waals surface area contributed by atoms with Crippen molar-refractivity contribution in [2.45, 2.75) is 66.2 Å². The molecule has 0 aliphatic heterocycles.